The zero-order valence-electron chi connectivity index (χ0n) is 12.9. The van der Waals surface area contributed by atoms with E-state index in [1.165, 1.54) is 5.56 Å². The second-order valence-electron chi connectivity index (χ2n) is 5.41. The van der Waals surface area contributed by atoms with Crippen molar-refractivity contribution in [3.05, 3.63) is 53.6 Å². The number of hydrogen-bond acceptors (Lipinski definition) is 3. The third-order valence-electron chi connectivity index (χ3n) is 3.40. The van der Waals surface area contributed by atoms with Crippen molar-refractivity contribution in [3.63, 3.8) is 0 Å². The lowest BCUT2D eigenvalue weighted by Crippen LogP contribution is -2.10. The van der Waals surface area contributed by atoms with Crippen molar-refractivity contribution >= 4 is 5.69 Å². The summed E-state index contributed by atoms with van der Waals surface area (Å²) in [5, 5.41) is 0. The minimum Gasteiger partial charge on any atom is -0.490 e. The fraction of sp³-hybridized carbons (Fsp3) is 0.333. The van der Waals surface area contributed by atoms with Crippen LogP contribution in [0, 0.1) is 6.92 Å². The topological polar surface area (TPSA) is 44.5 Å². The first kappa shape index (κ1) is 15.2. The van der Waals surface area contributed by atoms with Crippen LogP contribution in [-0.4, -0.2) is 13.2 Å². The number of rotatable bonds is 6. The first-order valence-corrected chi connectivity index (χ1v) is 7.28. The predicted octanol–water partition coefficient (Wildman–Crippen LogP) is 4.16. The lowest BCUT2D eigenvalue weighted by molar-refractivity contribution is 0.217. The molecule has 0 unspecified atom stereocenters. The number of ether oxygens (including phenoxy) is 2. The molecule has 2 rings (SSSR count). The summed E-state index contributed by atoms with van der Waals surface area (Å²) in [6, 6.07) is 13.8. The van der Waals surface area contributed by atoms with Gasteiger partial charge in [0.15, 0.2) is 0 Å². The van der Waals surface area contributed by atoms with E-state index < -0.39 is 0 Å². The van der Waals surface area contributed by atoms with Gasteiger partial charge in [0, 0.05) is 0 Å². The SMILES string of the molecule is Cc1ccc(C(C)C)cc1OCCOc1ccccc1N. The van der Waals surface area contributed by atoms with Gasteiger partial charge in [0.2, 0.25) is 0 Å². The molecule has 0 aliphatic heterocycles. The molecule has 112 valence electrons. The molecule has 3 heteroatoms. The molecular weight excluding hydrogens is 262 g/mol. The van der Waals surface area contributed by atoms with Gasteiger partial charge in [-0.3, -0.25) is 0 Å². The Balaban J connectivity index is 1.89. The normalized spacial score (nSPS) is 10.7. The molecule has 0 saturated heterocycles. The van der Waals surface area contributed by atoms with Crippen molar-refractivity contribution in [2.75, 3.05) is 18.9 Å². The minimum absolute atomic E-state index is 0.472. The van der Waals surface area contributed by atoms with E-state index in [2.05, 4.69) is 39.0 Å². The minimum atomic E-state index is 0.472. The molecular formula is C18H23NO2. The zero-order valence-corrected chi connectivity index (χ0v) is 12.9. The second kappa shape index (κ2) is 7.02. The first-order valence-electron chi connectivity index (χ1n) is 7.28. The maximum Gasteiger partial charge on any atom is 0.142 e. The Kier molecular flexibility index (Phi) is 5.09. The van der Waals surface area contributed by atoms with E-state index in [-0.39, 0.29) is 0 Å². The quantitative estimate of drug-likeness (QED) is 0.640. The largest absolute Gasteiger partial charge is 0.490 e. The van der Waals surface area contributed by atoms with E-state index >= 15 is 0 Å². The van der Waals surface area contributed by atoms with Gasteiger partial charge >= 0.3 is 0 Å². The van der Waals surface area contributed by atoms with Crippen LogP contribution in [0.1, 0.15) is 30.9 Å². The summed E-state index contributed by atoms with van der Waals surface area (Å²) in [5.41, 5.74) is 8.89. The lowest BCUT2D eigenvalue weighted by atomic mass is 10.0. The van der Waals surface area contributed by atoms with Crippen molar-refractivity contribution in [2.24, 2.45) is 0 Å². The average molecular weight is 285 g/mol. The smallest absolute Gasteiger partial charge is 0.142 e. The van der Waals surface area contributed by atoms with E-state index in [4.69, 9.17) is 15.2 Å². The maximum atomic E-state index is 5.83. The van der Waals surface area contributed by atoms with Crippen LogP contribution >= 0.6 is 0 Å². The molecule has 0 heterocycles. The number of nitrogens with two attached hydrogens (primary N) is 1. The Labute approximate surface area is 126 Å². The van der Waals surface area contributed by atoms with Crippen LogP contribution in [0.5, 0.6) is 11.5 Å². The fourth-order valence-corrected chi connectivity index (χ4v) is 2.05. The van der Waals surface area contributed by atoms with Gasteiger partial charge in [-0.1, -0.05) is 38.1 Å². The number of hydrogen-bond donors (Lipinski definition) is 1. The molecule has 0 radical (unpaired) electrons. The Bertz CT molecular complexity index is 594. The summed E-state index contributed by atoms with van der Waals surface area (Å²) in [7, 11) is 0. The van der Waals surface area contributed by atoms with Crippen LogP contribution in [0.25, 0.3) is 0 Å². The monoisotopic (exact) mass is 285 g/mol. The van der Waals surface area contributed by atoms with Gasteiger partial charge in [0.1, 0.15) is 24.7 Å². The van der Waals surface area contributed by atoms with Crippen molar-refractivity contribution < 1.29 is 9.47 Å². The van der Waals surface area contributed by atoms with Crippen LogP contribution in [0.3, 0.4) is 0 Å². The van der Waals surface area contributed by atoms with Crippen molar-refractivity contribution in [1.82, 2.24) is 0 Å². The Hall–Kier alpha value is -2.16. The van der Waals surface area contributed by atoms with Gasteiger partial charge in [0.25, 0.3) is 0 Å². The molecule has 0 spiro atoms. The molecule has 2 aromatic rings. The third kappa shape index (κ3) is 4.15. The summed E-state index contributed by atoms with van der Waals surface area (Å²) in [5.74, 6) is 2.12. The second-order valence-corrected chi connectivity index (χ2v) is 5.41. The van der Waals surface area contributed by atoms with E-state index in [0.717, 1.165) is 11.3 Å². The molecule has 0 aromatic heterocycles. The number of benzene rings is 2. The summed E-state index contributed by atoms with van der Waals surface area (Å²) >= 11 is 0. The highest BCUT2D eigenvalue weighted by atomic mass is 16.5. The highest BCUT2D eigenvalue weighted by Crippen LogP contribution is 2.24. The molecule has 0 atom stereocenters. The lowest BCUT2D eigenvalue weighted by Gasteiger charge is -2.13. The van der Waals surface area contributed by atoms with E-state index in [9.17, 15) is 0 Å². The van der Waals surface area contributed by atoms with Crippen LogP contribution in [0.2, 0.25) is 0 Å². The molecule has 0 aliphatic carbocycles. The van der Waals surface area contributed by atoms with Gasteiger partial charge in [-0.25, -0.2) is 0 Å². The maximum absolute atomic E-state index is 5.83. The van der Waals surface area contributed by atoms with Crippen LogP contribution in [0.15, 0.2) is 42.5 Å². The standard InChI is InChI=1S/C18H23NO2/c1-13(2)15-9-8-14(3)18(12-15)21-11-10-20-17-7-5-4-6-16(17)19/h4-9,12-13H,10-11,19H2,1-3H3. The Morgan fingerprint density at radius 1 is 0.952 bits per heavy atom. The average Bonchev–Trinajstić information content (AvgIpc) is 2.46. The number of nitrogen functional groups attached to an aromatic ring is 1. The summed E-state index contributed by atoms with van der Waals surface area (Å²) in [6.45, 7) is 7.37. The first-order chi connectivity index (χ1) is 10.1. The fourth-order valence-electron chi connectivity index (χ4n) is 2.05. The number of aryl methyl sites for hydroxylation is 1. The molecule has 3 nitrogen and oxygen atoms in total. The molecule has 2 N–H and O–H groups in total. The van der Waals surface area contributed by atoms with Gasteiger partial charge < -0.3 is 15.2 Å². The molecule has 21 heavy (non-hydrogen) atoms. The Morgan fingerprint density at radius 2 is 1.62 bits per heavy atom. The Morgan fingerprint density at radius 3 is 2.29 bits per heavy atom. The predicted molar refractivity (Wildman–Crippen MR) is 87.1 cm³/mol. The molecule has 0 aliphatic rings. The van der Waals surface area contributed by atoms with Crippen LogP contribution < -0.4 is 15.2 Å². The van der Waals surface area contributed by atoms with Crippen LogP contribution in [-0.2, 0) is 0 Å². The third-order valence-corrected chi connectivity index (χ3v) is 3.40. The van der Waals surface area contributed by atoms with E-state index in [1.54, 1.807) is 0 Å². The van der Waals surface area contributed by atoms with Gasteiger partial charge in [-0.05, 0) is 42.2 Å². The molecule has 0 amide bonds. The van der Waals surface area contributed by atoms with Crippen molar-refractivity contribution in [2.45, 2.75) is 26.7 Å². The van der Waals surface area contributed by atoms with Crippen molar-refractivity contribution in [3.8, 4) is 11.5 Å². The number of para-hydroxylation sites is 2. The van der Waals surface area contributed by atoms with E-state index in [0.29, 0.717) is 30.6 Å². The highest BCUT2D eigenvalue weighted by Gasteiger charge is 2.05. The summed E-state index contributed by atoms with van der Waals surface area (Å²) in [6.07, 6.45) is 0. The van der Waals surface area contributed by atoms with Gasteiger partial charge in [-0.15, -0.1) is 0 Å². The highest BCUT2D eigenvalue weighted by molar-refractivity contribution is 5.51. The summed E-state index contributed by atoms with van der Waals surface area (Å²) in [4.78, 5) is 0. The van der Waals surface area contributed by atoms with Crippen molar-refractivity contribution in [1.29, 1.82) is 0 Å². The molecule has 0 fully saturated rings. The molecule has 0 bridgehead atoms. The van der Waals surface area contributed by atoms with E-state index in [1.807, 2.05) is 24.3 Å². The number of anilines is 1. The van der Waals surface area contributed by atoms with Gasteiger partial charge in [0.05, 0.1) is 5.69 Å². The van der Waals surface area contributed by atoms with Crippen LogP contribution in [0.4, 0.5) is 5.69 Å². The molecule has 2 aromatic carbocycles. The zero-order chi connectivity index (χ0) is 15.2. The van der Waals surface area contributed by atoms with Gasteiger partial charge in [-0.2, -0.15) is 0 Å². The summed E-state index contributed by atoms with van der Waals surface area (Å²) < 4.78 is 11.4. The molecule has 0 saturated carbocycles.